The zero-order chi connectivity index (χ0) is 23.4. The number of nitro groups is 1. The summed E-state index contributed by atoms with van der Waals surface area (Å²) >= 11 is 7.55. The number of nitrogens with zero attached hydrogens (tertiary/aromatic N) is 5. The third kappa shape index (κ3) is 5.02. The van der Waals surface area contributed by atoms with Crippen molar-refractivity contribution in [1.82, 2.24) is 19.7 Å². The number of carbonyl (C=O) groups excluding carboxylic acids is 1. The Kier molecular flexibility index (Phi) is 6.66. The Morgan fingerprint density at radius 3 is 2.67 bits per heavy atom. The largest absolute Gasteiger partial charge is 0.325 e. The van der Waals surface area contributed by atoms with Gasteiger partial charge < -0.3 is 5.32 Å². The molecule has 0 aliphatic carbocycles. The predicted octanol–water partition coefficient (Wildman–Crippen LogP) is 4.93. The van der Waals surface area contributed by atoms with E-state index in [-0.39, 0.29) is 17.3 Å². The number of non-ortho nitro benzene ring substituents is 1. The van der Waals surface area contributed by atoms with Crippen molar-refractivity contribution in [3.05, 3.63) is 87.7 Å². The molecule has 4 rings (SSSR count). The molecule has 0 bridgehead atoms. The van der Waals surface area contributed by atoms with E-state index < -0.39 is 4.92 Å². The van der Waals surface area contributed by atoms with Crippen LogP contribution in [-0.2, 0) is 4.79 Å². The summed E-state index contributed by atoms with van der Waals surface area (Å²) in [6, 6.07) is 15.0. The standard InChI is InChI=1S/C22H17ClN6O3S/c1-14-18(23)6-3-7-19(14)28-21(15-8-10-24-11-9-15)26-27-22(28)33-13-20(30)25-16-4-2-5-17(12-16)29(31)32/h2-12H,13H2,1H3,(H,25,30). The van der Waals surface area contributed by atoms with Crippen LogP contribution in [0.15, 0.2) is 72.1 Å². The minimum absolute atomic E-state index is 0.0246. The Labute approximate surface area is 198 Å². The molecule has 0 aliphatic rings. The number of anilines is 1. The minimum Gasteiger partial charge on any atom is -0.325 e. The summed E-state index contributed by atoms with van der Waals surface area (Å²) in [5, 5.41) is 23.4. The van der Waals surface area contributed by atoms with Gasteiger partial charge >= 0.3 is 0 Å². The highest BCUT2D eigenvalue weighted by atomic mass is 35.5. The van der Waals surface area contributed by atoms with Crippen LogP contribution in [-0.4, -0.2) is 36.3 Å². The van der Waals surface area contributed by atoms with Gasteiger partial charge in [0.2, 0.25) is 5.91 Å². The number of nitrogens with one attached hydrogen (secondary N) is 1. The molecule has 0 spiro atoms. The summed E-state index contributed by atoms with van der Waals surface area (Å²) < 4.78 is 1.85. The molecule has 166 valence electrons. The SMILES string of the molecule is Cc1c(Cl)cccc1-n1c(SCC(=O)Nc2cccc([N+](=O)[O-])c2)nnc1-c1ccncc1. The third-order valence-corrected chi connectivity index (χ3v) is 6.06. The first kappa shape index (κ1) is 22.4. The molecular weight excluding hydrogens is 464 g/mol. The summed E-state index contributed by atoms with van der Waals surface area (Å²) in [6.07, 6.45) is 3.33. The van der Waals surface area contributed by atoms with E-state index in [1.54, 1.807) is 24.5 Å². The normalized spacial score (nSPS) is 10.7. The number of halogens is 1. The van der Waals surface area contributed by atoms with Gasteiger partial charge in [-0.1, -0.05) is 35.5 Å². The number of rotatable bonds is 7. The third-order valence-electron chi connectivity index (χ3n) is 4.72. The first-order valence-corrected chi connectivity index (χ1v) is 11.1. The van der Waals surface area contributed by atoms with Crippen molar-refractivity contribution in [2.45, 2.75) is 12.1 Å². The van der Waals surface area contributed by atoms with Crippen molar-refractivity contribution in [1.29, 1.82) is 0 Å². The molecule has 33 heavy (non-hydrogen) atoms. The minimum atomic E-state index is -0.513. The van der Waals surface area contributed by atoms with Gasteiger partial charge in [0.15, 0.2) is 11.0 Å². The van der Waals surface area contributed by atoms with E-state index in [2.05, 4.69) is 20.5 Å². The first-order valence-electron chi connectivity index (χ1n) is 9.72. The Bertz CT molecular complexity index is 1330. The lowest BCUT2D eigenvalue weighted by Crippen LogP contribution is -2.14. The average Bonchev–Trinajstić information content (AvgIpc) is 3.24. The Hall–Kier alpha value is -3.76. The second-order valence-corrected chi connectivity index (χ2v) is 8.26. The molecule has 2 aromatic carbocycles. The number of hydrogen-bond acceptors (Lipinski definition) is 7. The molecule has 0 unspecified atom stereocenters. The van der Waals surface area contributed by atoms with E-state index >= 15 is 0 Å². The van der Waals surface area contributed by atoms with Crippen LogP contribution in [0.3, 0.4) is 0 Å². The summed E-state index contributed by atoms with van der Waals surface area (Å²) in [5.74, 6) is 0.282. The van der Waals surface area contributed by atoms with Gasteiger partial charge in [0, 0.05) is 40.8 Å². The number of nitro benzene ring substituents is 1. The van der Waals surface area contributed by atoms with Gasteiger partial charge in [-0.25, -0.2) is 0 Å². The topological polar surface area (TPSA) is 116 Å². The molecule has 1 amide bonds. The second kappa shape index (κ2) is 9.80. The van der Waals surface area contributed by atoms with Crippen LogP contribution in [0.1, 0.15) is 5.56 Å². The Morgan fingerprint density at radius 1 is 1.15 bits per heavy atom. The van der Waals surface area contributed by atoms with E-state index in [0.29, 0.717) is 21.7 Å². The Balaban J connectivity index is 1.61. The van der Waals surface area contributed by atoms with Crippen molar-refractivity contribution in [3.63, 3.8) is 0 Å². The zero-order valence-corrected chi connectivity index (χ0v) is 18.9. The van der Waals surface area contributed by atoms with Gasteiger partial charge in [-0.05, 0) is 42.8 Å². The Morgan fingerprint density at radius 2 is 1.91 bits per heavy atom. The van der Waals surface area contributed by atoms with Crippen LogP contribution in [0.25, 0.3) is 17.1 Å². The van der Waals surface area contributed by atoms with Gasteiger partial charge in [0.25, 0.3) is 5.69 Å². The van der Waals surface area contributed by atoms with Gasteiger partial charge in [-0.15, -0.1) is 10.2 Å². The fourth-order valence-electron chi connectivity index (χ4n) is 3.13. The number of carbonyl (C=O) groups is 1. The summed E-state index contributed by atoms with van der Waals surface area (Å²) in [5.41, 5.74) is 2.70. The average molecular weight is 481 g/mol. The molecule has 2 heterocycles. The van der Waals surface area contributed by atoms with Crippen LogP contribution in [0.5, 0.6) is 0 Å². The first-order chi connectivity index (χ1) is 15.9. The van der Waals surface area contributed by atoms with Crippen molar-refractivity contribution in [3.8, 4) is 17.1 Å². The smallest absolute Gasteiger partial charge is 0.271 e. The number of thioether (sulfide) groups is 1. The molecule has 0 atom stereocenters. The van der Waals surface area contributed by atoms with Gasteiger partial charge in [-0.2, -0.15) is 0 Å². The van der Waals surface area contributed by atoms with Crippen LogP contribution in [0.4, 0.5) is 11.4 Å². The molecule has 1 N–H and O–H groups in total. The van der Waals surface area contributed by atoms with Gasteiger partial charge in [0.05, 0.1) is 16.4 Å². The lowest BCUT2D eigenvalue weighted by Gasteiger charge is -2.14. The lowest BCUT2D eigenvalue weighted by molar-refractivity contribution is -0.384. The second-order valence-electron chi connectivity index (χ2n) is 6.91. The highest BCUT2D eigenvalue weighted by Gasteiger charge is 2.19. The van der Waals surface area contributed by atoms with Crippen LogP contribution < -0.4 is 5.32 Å². The molecule has 9 nitrogen and oxygen atoms in total. The lowest BCUT2D eigenvalue weighted by atomic mass is 10.2. The van der Waals surface area contributed by atoms with Gasteiger partial charge in [0.1, 0.15) is 0 Å². The molecule has 0 aliphatic heterocycles. The number of amides is 1. The number of pyridine rings is 1. The van der Waals surface area contributed by atoms with Crippen LogP contribution >= 0.6 is 23.4 Å². The van der Waals surface area contributed by atoms with Crippen molar-refractivity contribution in [2.75, 3.05) is 11.1 Å². The highest BCUT2D eigenvalue weighted by molar-refractivity contribution is 7.99. The maximum atomic E-state index is 12.5. The molecule has 0 fully saturated rings. The van der Waals surface area contributed by atoms with Gasteiger partial charge in [-0.3, -0.25) is 24.5 Å². The number of aromatic nitrogens is 4. The number of hydrogen-bond donors (Lipinski definition) is 1. The van der Waals surface area contributed by atoms with E-state index in [0.717, 1.165) is 16.8 Å². The van der Waals surface area contributed by atoms with Crippen LogP contribution in [0, 0.1) is 17.0 Å². The molecule has 4 aromatic rings. The number of benzene rings is 2. The predicted molar refractivity (Wildman–Crippen MR) is 127 cm³/mol. The van der Waals surface area contributed by atoms with Crippen molar-refractivity contribution >= 4 is 40.6 Å². The molecule has 0 saturated heterocycles. The summed E-state index contributed by atoms with van der Waals surface area (Å²) in [7, 11) is 0. The van der Waals surface area contributed by atoms with Crippen LogP contribution in [0.2, 0.25) is 5.02 Å². The highest BCUT2D eigenvalue weighted by Crippen LogP contribution is 2.31. The molecular formula is C22H17ClN6O3S. The molecule has 0 saturated carbocycles. The fraction of sp³-hybridized carbons (Fsp3) is 0.0909. The van der Waals surface area contributed by atoms with Crippen molar-refractivity contribution in [2.24, 2.45) is 0 Å². The van der Waals surface area contributed by atoms with E-state index in [1.807, 2.05) is 35.8 Å². The summed E-state index contributed by atoms with van der Waals surface area (Å²) in [6.45, 7) is 1.90. The quantitative estimate of drug-likeness (QED) is 0.226. The van der Waals surface area contributed by atoms with E-state index in [1.165, 1.54) is 30.0 Å². The monoisotopic (exact) mass is 480 g/mol. The zero-order valence-electron chi connectivity index (χ0n) is 17.3. The summed E-state index contributed by atoms with van der Waals surface area (Å²) in [4.78, 5) is 27.0. The maximum absolute atomic E-state index is 12.5. The molecule has 2 aromatic heterocycles. The van der Waals surface area contributed by atoms with Crippen molar-refractivity contribution < 1.29 is 9.72 Å². The van der Waals surface area contributed by atoms with E-state index in [4.69, 9.17) is 11.6 Å². The molecule has 0 radical (unpaired) electrons. The molecule has 11 heteroatoms. The van der Waals surface area contributed by atoms with E-state index in [9.17, 15) is 14.9 Å². The fourth-order valence-corrected chi connectivity index (χ4v) is 4.05. The maximum Gasteiger partial charge on any atom is 0.271 e.